The predicted octanol–water partition coefficient (Wildman–Crippen LogP) is 3.59. The molecule has 0 amide bonds. The summed E-state index contributed by atoms with van der Waals surface area (Å²) in [7, 11) is 1.29. The van der Waals surface area contributed by atoms with E-state index in [9.17, 15) is 4.79 Å². The van der Waals surface area contributed by atoms with Gasteiger partial charge in [0.1, 0.15) is 0 Å². The lowest BCUT2D eigenvalue weighted by Crippen LogP contribution is -2.33. The zero-order valence-electron chi connectivity index (χ0n) is 13.1. The lowest BCUT2D eigenvalue weighted by molar-refractivity contribution is 0.114. The van der Waals surface area contributed by atoms with Gasteiger partial charge in [-0.2, -0.15) is 0 Å². The quantitative estimate of drug-likeness (QED) is 0.795. The summed E-state index contributed by atoms with van der Waals surface area (Å²) in [4.78, 5) is 15.6. The highest BCUT2D eigenvalue weighted by Gasteiger charge is 2.38. The van der Waals surface area contributed by atoms with Crippen molar-refractivity contribution in [2.75, 3.05) is 7.11 Å². The van der Waals surface area contributed by atoms with Crippen molar-refractivity contribution in [3.05, 3.63) is 47.9 Å². The summed E-state index contributed by atoms with van der Waals surface area (Å²) < 4.78 is 11.7. The maximum Gasteiger partial charge on any atom is 0.514 e. The normalized spacial score (nSPS) is 19.3. The fourth-order valence-electron chi connectivity index (χ4n) is 3.26. The van der Waals surface area contributed by atoms with Gasteiger partial charge >= 0.3 is 6.16 Å². The van der Waals surface area contributed by atoms with Gasteiger partial charge in [0.05, 0.1) is 25.7 Å². The van der Waals surface area contributed by atoms with Crippen LogP contribution in [0.4, 0.5) is 4.79 Å². The number of imidazole rings is 1. The fourth-order valence-corrected chi connectivity index (χ4v) is 3.26. The summed E-state index contributed by atoms with van der Waals surface area (Å²) in [6.45, 7) is 4.46. The van der Waals surface area contributed by atoms with E-state index < -0.39 is 6.16 Å². The van der Waals surface area contributed by atoms with E-state index in [-0.39, 0.29) is 11.5 Å². The van der Waals surface area contributed by atoms with E-state index in [1.807, 2.05) is 10.6 Å². The molecule has 1 unspecified atom stereocenters. The van der Waals surface area contributed by atoms with Gasteiger partial charge < -0.3 is 9.47 Å². The molecule has 1 aromatic heterocycles. The molecule has 3 rings (SSSR count). The van der Waals surface area contributed by atoms with E-state index >= 15 is 0 Å². The zero-order chi connectivity index (χ0) is 15.7. The average molecular weight is 300 g/mol. The molecule has 2 aromatic rings. The number of rotatable bonds is 2. The fraction of sp³-hybridized carbons (Fsp3) is 0.412. The van der Waals surface area contributed by atoms with Crippen LogP contribution in [0, 0.1) is 5.41 Å². The third-order valence-electron chi connectivity index (χ3n) is 4.39. The molecular weight excluding hydrogens is 280 g/mol. The third kappa shape index (κ3) is 2.47. The lowest BCUT2D eigenvalue weighted by atomic mass is 9.70. The van der Waals surface area contributed by atoms with Crippen LogP contribution in [0.5, 0.6) is 5.88 Å². The Morgan fingerprint density at radius 2 is 2.14 bits per heavy atom. The highest BCUT2D eigenvalue weighted by atomic mass is 16.7. The van der Waals surface area contributed by atoms with Gasteiger partial charge in [0, 0.05) is 0 Å². The van der Waals surface area contributed by atoms with E-state index in [0.29, 0.717) is 5.88 Å². The number of hydrogen-bond acceptors (Lipinski definition) is 4. The van der Waals surface area contributed by atoms with E-state index in [4.69, 9.17) is 4.74 Å². The van der Waals surface area contributed by atoms with Crippen molar-refractivity contribution in [2.24, 2.45) is 5.41 Å². The summed E-state index contributed by atoms with van der Waals surface area (Å²) >= 11 is 0. The van der Waals surface area contributed by atoms with Gasteiger partial charge in [0.2, 0.25) is 5.88 Å². The molecule has 1 heterocycles. The molecule has 1 aliphatic carbocycles. The first-order chi connectivity index (χ1) is 10.5. The van der Waals surface area contributed by atoms with Crippen LogP contribution in [0.2, 0.25) is 0 Å². The Balaban J connectivity index is 2.06. The second-order valence-corrected chi connectivity index (χ2v) is 6.29. The number of carbonyl (C=O) groups is 1. The molecule has 5 nitrogen and oxygen atoms in total. The highest BCUT2D eigenvalue weighted by molar-refractivity contribution is 5.62. The first-order valence-corrected chi connectivity index (χ1v) is 7.38. The summed E-state index contributed by atoms with van der Waals surface area (Å²) in [5.74, 6) is 0.404. The first kappa shape index (κ1) is 14.6. The van der Waals surface area contributed by atoms with Crippen molar-refractivity contribution in [2.45, 2.75) is 32.7 Å². The van der Waals surface area contributed by atoms with Crippen LogP contribution >= 0.6 is 0 Å². The van der Waals surface area contributed by atoms with E-state index in [0.717, 1.165) is 12.8 Å². The number of fused-ring (bicyclic) bond motifs is 1. The standard InChI is InChI=1S/C17H20N2O3/c1-17(2)9-8-12-6-4-5-7-13(12)15(17)19-11-18-10-14(19)22-16(20)21-3/h4-7,10-11,15H,8-9H2,1-3H3. The molecule has 0 saturated heterocycles. The summed E-state index contributed by atoms with van der Waals surface area (Å²) in [6, 6.07) is 8.48. The van der Waals surface area contributed by atoms with E-state index in [2.05, 4.69) is 41.8 Å². The number of carbonyl (C=O) groups excluding carboxylic acids is 1. The van der Waals surface area contributed by atoms with Crippen LogP contribution < -0.4 is 4.74 Å². The number of nitrogens with zero attached hydrogens (tertiary/aromatic N) is 2. The minimum Gasteiger partial charge on any atom is -0.437 e. The van der Waals surface area contributed by atoms with Crippen molar-refractivity contribution in [3.8, 4) is 5.88 Å². The largest absolute Gasteiger partial charge is 0.514 e. The highest BCUT2D eigenvalue weighted by Crippen LogP contribution is 2.47. The predicted molar refractivity (Wildman–Crippen MR) is 81.9 cm³/mol. The maximum atomic E-state index is 11.4. The Hall–Kier alpha value is -2.30. The minimum absolute atomic E-state index is 0.0310. The molecule has 0 spiro atoms. The zero-order valence-corrected chi connectivity index (χ0v) is 13.1. The summed E-state index contributed by atoms with van der Waals surface area (Å²) in [5.41, 5.74) is 2.62. The van der Waals surface area contributed by atoms with E-state index in [1.54, 1.807) is 12.5 Å². The molecule has 0 fully saturated rings. The maximum absolute atomic E-state index is 11.4. The van der Waals surface area contributed by atoms with Crippen LogP contribution in [0.3, 0.4) is 0 Å². The lowest BCUT2D eigenvalue weighted by Gasteiger charge is -2.41. The molecule has 0 radical (unpaired) electrons. The molecule has 1 aromatic carbocycles. The topological polar surface area (TPSA) is 53.4 Å². The molecule has 5 heteroatoms. The second kappa shape index (κ2) is 5.48. The molecule has 1 aliphatic rings. The number of methoxy groups -OCH3 is 1. The van der Waals surface area contributed by atoms with Crippen molar-refractivity contribution >= 4 is 6.16 Å². The van der Waals surface area contributed by atoms with Gasteiger partial charge in [-0.05, 0) is 29.4 Å². The monoisotopic (exact) mass is 300 g/mol. The smallest absolute Gasteiger partial charge is 0.437 e. The van der Waals surface area contributed by atoms with E-state index in [1.165, 1.54) is 18.2 Å². The Labute approximate surface area is 129 Å². The molecule has 0 saturated carbocycles. The Morgan fingerprint density at radius 1 is 1.36 bits per heavy atom. The summed E-state index contributed by atoms with van der Waals surface area (Å²) in [6.07, 6.45) is 4.65. The number of benzene rings is 1. The third-order valence-corrected chi connectivity index (χ3v) is 4.39. The van der Waals surface area contributed by atoms with Crippen molar-refractivity contribution < 1.29 is 14.3 Å². The van der Waals surface area contributed by atoms with Crippen LogP contribution in [-0.4, -0.2) is 22.8 Å². The van der Waals surface area contributed by atoms with Crippen LogP contribution in [0.1, 0.15) is 37.4 Å². The van der Waals surface area contributed by atoms with Crippen LogP contribution in [-0.2, 0) is 11.2 Å². The molecule has 0 bridgehead atoms. The van der Waals surface area contributed by atoms with Gasteiger partial charge in [-0.25, -0.2) is 9.78 Å². The molecule has 22 heavy (non-hydrogen) atoms. The number of hydrogen-bond donors (Lipinski definition) is 0. The van der Waals surface area contributed by atoms with Gasteiger partial charge in [0.25, 0.3) is 0 Å². The Kier molecular flexibility index (Phi) is 3.64. The van der Waals surface area contributed by atoms with Gasteiger partial charge in [-0.1, -0.05) is 38.1 Å². The van der Waals surface area contributed by atoms with Crippen molar-refractivity contribution in [1.82, 2.24) is 9.55 Å². The summed E-state index contributed by atoms with van der Waals surface area (Å²) in [5, 5.41) is 0. The van der Waals surface area contributed by atoms with Crippen molar-refractivity contribution in [1.29, 1.82) is 0 Å². The van der Waals surface area contributed by atoms with Gasteiger partial charge in [-0.3, -0.25) is 4.57 Å². The molecule has 0 N–H and O–H groups in total. The molecular formula is C17H20N2O3. The Bertz CT molecular complexity index is 691. The number of aromatic nitrogens is 2. The molecule has 116 valence electrons. The minimum atomic E-state index is -0.733. The van der Waals surface area contributed by atoms with Gasteiger partial charge in [0.15, 0.2) is 0 Å². The number of ether oxygens (including phenoxy) is 2. The average Bonchev–Trinajstić information content (AvgIpc) is 2.94. The van der Waals surface area contributed by atoms with Gasteiger partial charge in [-0.15, -0.1) is 0 Å². The SMILES string of the molecule is COC(=O)Oc1cncn1C1c2ccccc2CCC1(C)C. The molecule has 1 atom stereocenters. The van der Waals surface area contributed by atoms with Crippen molar-refractivity contribution in [3.63, 3.8) is 0 Å². The Morgan fingerprint density at radius 3 is 2.91 bits per heavy atom. The van der Waals surface area contributed by atoms with Crippen LogP contribution in [0.15, 0.2) is 36.8 Å². The second-order valence-electron chi connectivity index (χ2n) is 6.29. The molecule has 0 aliphatic heterocycles. The first-order valence-electron chi connectivity index (χ1n) is 7.38. The number of aryl methyl sites for hydroxylation is 1. The van der Waals surface area contributed by atoms with Crippen LogP contribution in [0.25, 0.3) is 0 Å².